The summed E-state index contributed by atoms with van der Waals surface area (Å²) in [5, 5.41) is 3.84. The second-order valence-electron chi connectivity index (χ2n) is 7.02. The van der Waals surface area contributed by atoms with Crippen molar-refractivity contribution in [1.29, 1.82) is 0 Å². The van der Waals surface area contributed by atoms with E-state index in [9.17, 15) is 14.0 Å². The molecular weight excluding hydrogens is 421 g/mol. The van der Waals surface area contributed by atoms with Crippen molar-refractivity contribution in [2.75, 3.05) is 12.4 Å². The molecule has 0 unspecified atom stereocenters. The molecule has 4 rings (SSSR count). The smallest absolute Gasteiger partial charge is 0.275 e. The van der Waals surface area contributed by atoms with Gasteiger partial charge < -0.3 is 19.2 Å². The zero-order valence-electron chi connectivity index (χ0n) is 16.6. The number of benzene rings is 2. The number of halogens is 2. The molecule has 1 N–H and O–H groups in total. The third kappa shape index (κ3) is 4.46. The number of anilines is 1. The number of nitrogens with zero attached hydrogens (tertiary/aromatic N) is 2. The molecule has 6 nitrogen and oxygen atoms in total. The van der Waals surface area contributed by atoms with Gasteiger partial charge in [-0.15, -0.1) is 0 Å². The van der Waals surface area contributed by atoms with Gasteiger partial charge in [0.05, 0.1) is 12.1 Å². The molecule has 0 aliphatic heterocycles. The summed E-state index contributed by atoms with van der Waals surface area (Å²) in [6.07, 6.45) is 3.36. The molecule has 1 amide bonds. The van der Waals surface area contributed by atoms with Crippen LogP contribution < -0.4 is 15.6 Å². The first-order valence-corrected chi connectivity index (χ1v) is 9.88. The molecule has 31 heavy (non-hydrogen) atoms. The normalized spacial score (nSPS) is 10.9. The number of hydrogen-bond acceptors (Lipinski definition) is 3. The fourth-order valence-electron chi connectivity index (χ4n) is 3.43. The minimum absolute atomic E-state index is 0.163. The summed E-state index contributed by atoms with van der Waals surface area (Å²) in [4.78, 5) is 25.5. The highest BCUT2D eigenvalue weighted by Crippen LogP contribution is 2.27. The fourth-order valence-corrected chi connectivity index (χ4v) is 3.69. The van der Waals surface area contributed by atoms with Crippen molar-refractivity contribution < 1.29 is 13.9 Å². The van der Waals surface area contributed by atoms with Crippen molar-refractivity contribution in [3.05, 3.63) is 93.7 Å². The quantitative estimate of drug-likeness (QED) is 0.487. The maximum atomic E-state index is 13.5. The molecular formula is C23H19ClFN3O3. The first kappa shape index (κ1) is 20.7. The topological polar surface area (TPSA) is 65.3 Å². The molecule has 158 valence electrons. The monoisotopic (exact) mass is 439 g/mol. The zero-order chi connectivity index (χ0) is 22.0. The van der Waals surface area contributed by atoms with Crippen LogP contribution in [-0.2, 0) is 17.9 Å². The van der Waals surface area contributed by atoms with Crippen LogP contribution in [0.2, 0.25) is 5.02 Å². The number of methoxy groups -OCH3 is 1. The first-order valence-electron chi connectivity index (χ1n) is 9.51. The van der Waals surface area contributed by atoms with Gasteiger partial charge in [0.15, 0.2) is 0 Å². The molecule has 0 aliphatic rings. The Morgan fingerprint density at radius 2 is 1.87 bits per heavy atom. The number of carbonyl (C=O) groups excluding carboxylic acids is 1. The Morgan fingerprint density at radius 1 is 1.10 bits per heavy atom. The largest absolute Gasteiger partial charge is 0.495 e. The number of rotatable bonds is 6. The van der Waals surface area contributed by atoms with Gasteiger partial charge in [-0.05, 0) is 48.0 Å². The summed E-state index contributed by atoms with van der Waals surface area (Å²) in [5.41, 5.74) is 1.38. The second kappa shape index (κ2) is 8.65. The fraction of sp³-hybridized carbons (Fsp3) is 0.130. The van der Waals surface area contributed by atoms with E-state index in [0.717, 1.165) is 10.9 Å². The van der Waals surface area contributed by atoms with Gasteiger partial charge in [0.2, 0.25) is 5.91 Å². The van der Waals surface area contributed by atoms with E-state index in [0.29, 0.717) is 28.5 Å². The van der Waals surface area contributed by atoms with Crippen LogP contribution in [0, 0.1) is 5.82 Å². The van der Waals surface area contributed by atoms with Gasteiger partial charge in [-0.2, -0.15) is 0 Å². The summed E-state index contributed by atoms with van der Waals surface area (Å²) in [5.74, 6) is -0.201. The lowest BCUT2D eigenvalue weighted by atomic mass is 10.2. The van der Waals surface area contributed by atoms with Crippen LogP contribution in [0.5, 0.6) is 5.75 Å². The zero-order valence-corrected chi connectivity index (χ0v) is 17.4. The van der Waals surface area contributed by atoms with Crippen molar-refractivity contribution in [2.45, 2.75) is 13.1 Å². The molecule has 0 spiro atoms. The van der Waals surface area contributed by atoms with Crippen LogP contribution in [0.3, 0.4) is 0 Å². The minimum Gasteiger partial charge on any atom is -0.495 e. The van der Waals surface area contributed by atoms with E-state index < -0.39 is 0 Å². The van der Waals surface area contributed by atoms with Gasteiger partial charge in [0.1, 0.15) is 23.6 Å². The van der Waals surface area contributed by atoms with E-state index in [2.05, 4.69) is 5.32 Å². The van der Waals surface area contributed by atoms with Crippen LogP contribution in [0.1, 0.15) is 5.56 Å². The lowest BCUT2D eigenvalue weighted by Gasteiger charge is -2.11. The molecule has 0 saturated carbocycles. The van der Waals surface area contributed by atoms with E-state index in [1.54, 1.807) is 53.4 Å². The Labute approximate surface area is 182 Å². The van der Waals surface area contributed by atoms with E-state index in [4.69, 9.17) is 16.3 Å². The first-order chi connectivity index (χ1) is 14.9. The maximum absolute atomic E-state index is 13.5. The van der Waals surface area contributed by atoms with Crippen molar-refractivity contribution in [1.82, 2.24) is 9.13 Å². The Morgan fingerprint density at radius 3 is 2.58 bits per heavy atom. The second-order valence-corrected chi connectivity index (χ2v) is 7.43. The lowest BCUT2D eigenvalue weighted by Crippen LogP contribution is -2.28. The van der Waals surface area contributed by atoms with Gasteiger partial charge in [0.25, 0.3) is 5.56 Å². The highest BCUT2D eigenvalue weighted by Gasteiger charge is 2.12. The number of ether oxygens (including phenoxy) is 1. The molecule has 0 fully saturated rings. The molecule has 0 atom stereocenters. The van der Waals surface area contributed by atoms with E-state index in [-0.39, 0.29) is 23.8 Å². The molecule has 2 aromatic heterocycles. The predicted octanol–water partition coefficient (Wildman–Crippen LogP) is 4.29. The molecule has 8 heteroatoms. The highest BCUT2D eigenvalue weighted by molar-refractivity contribution is 6.32. The van der Waals surface area contributed by atoms with Gasteiger partial charge in [-0.3, -0.25) is 9.59 Å². The summed E-state index contributed by atoms with van der Waals surface area (Å²) >= 11 is 6.09. The Hall–Kier alpha value is -3.58. The lowest BCUT2D eigenvalue weighted by molar-refractivity contribution is -0.116. The number of carbonyl (C=O) groups is 1. The number of fused-ring (bicyclic) bond motifs is 1. The maximum Gasteiger partial charge on any atom is 0.275 e. The summed E-state index contributed by atoms with van der Waals surface area (Å²) in [6, 6.07) is 14.7. The van der Waals surface area contributed by atoms with E-state index in [1.807, 2.05) is 6.07 Å². The number of nitrogens with one attached hydrogen (secondary N) is 1. The average molecular weight is 440 g/mol. The minimum atomic E-state index is -0.370. The molecule has 0 bridgehead atoms. The molecule has 2 aromatic carbocycles. The summed E-state index contributed by atoms with van der Waals surface area (Å²) in [6.45, 7) is 0.181. The molecule has 0 saturated heterocycles. The van der Waals surface area contributed by atoms with Crippen molar-refractivity contribution in [2.24, 2.45) is 0 Å². The van der Waals surface area contributed by atoms with E-state index in [1.165, 1.54) is 23.8 Å². The number of hydrogen-bond donors (Lipinski definition) is 1. The molecule has 4 aromatic rings. The molecule has 0 aliphatic carbocycles. The van der Waals surface area contributed by atoms with Crippen LogP contribution in [0.25, 0.3) is 10.9 Å². The molecule has 2 heterocycles. The van der Waals surface area contributed by atoms with Crippen LogP contribution in [0.4, 0.5) is 10.1 Å². The third-order valence-electron chi connectivity index (χ3n) is 4.88. The Balaban J connectivity index is 1.57. The summed E-state index contributed by atoms with van der Waals surface area (Å²) < 4.78 is 21.7. The van der Waals surface area contributed by atoms with Crippen LogP contribution in [0.15, 0.2) is 71.8 Å². The van der Waals surface area contributed by atoms with Crippen molar-refractivity contribution >= 4 is 34.1 Å². The number of amides is 1. The Kier molecular flexibility index (Phi) is 5.77. The Bertz CT molecular complexity index is 1330. The number of aromatic nitrogens is 2. The van der Waals surface area contributed by atoms with E-state index >= 15 is 0 Å². The van der Waals surface area contributed by atoms with Gasteiger partial charge >= 0.3 is 0 Å². The van der Waals surface area contributed by atoms with Crippen molar-refractivity contribution in [3.8, 4) is 5.75 Å². The summed E-state index contributed by atoms with van der Waals surface area (Å²) in [7, 11) is 1.51. The van der Waals surface area contributed by atoms with Gasteiger partial charge in [0, 0.05) is 30.0 Å². The van der Waals surface area contributed by atoms with Gasteiger partial charge in [-0.1, -0.05) is 23.7 Å². The van der Waals surface area contributed by atoms with Crippen LogP contribution >= 0.6 is 11.6 Å². The van der Waals surface area contributed by atoms with Crippen molar-refractivity contribution in [3.63, 3.8) is 0 Å². The predicted molar refractivity (Wildman–Crippen MR) is 118 cm³/mol. The van der Waals surface area contributed by atoms with Crippen LogP contribution in [-0.4, -0.2) is 22.2 Å². The van der Waals surface area contributed by atoms with Gasteiger partial charge in [-0.25, -0.2) is 4.39 Å². The average Bonchev–Trinajstić information content (AvgIpc) is 3.14. The highest BCUT2D eigenvalue weighted by atomic mass is 35.5. The SMILES string of the molecule is COc1ccc(NC(=O)Cn2ccc3ccn(Cc4cccc(F)c4)c3c2=O)cc1Cl. The molecule has 0 radical (unpaired) electrons. The number of pyridine rings is 1. The third-order valence-corrected chi connectivity index (χ3v) is 5.18. The standard InChI is InChI=1S/C23H19ClFN3O3/c1-31-20-6-5-18(12-19(20)24)26-21(29)14-28-10-8-16-7-9-27(22(16)23(28)30)13-15-3-2-4-17(25)11-15/h2-12H,13-14H2,1H3,(H,26,29).